The van der Waals surface area contributed by atoms with E-state index in [1.54, 1.807) is 36.0 Å². The first-order valence-electron chi connectivity index (χ1n) is 13.7. The predicted molar refractivity (Wildman–Crippen MR) is 158 cm³/mol. The number of amides is 1. The number of aromatic nitrogens is 3. The normalized spacial score (nSPS) is 14.8. The molecular weight excluding hydrogens is 522 g/mol. The summed E-state index contributed by atoms with van der Waals surface area (Å²) in [6.07, 6.45) is 9.90. The molecule has 5 aromatic rings. The van der Waals surface area contributed by atoms with Crippen LogP contribution in [0.3, 0.4) is 0 Å². The Labute approximate surface area is 237 Å². The molecule has 9 heteroatoms. The summed E-state index contributed by atoms with van der Waals surface area (Å²) in [6, 6.07) is 14.9. The number of hydrogen-bond acceptors (Lipinski definition) is 7. The molecule has 0 unspecified atom stereocenters. The van der Waals surface area contributed by atoms with Crippen molar-refractivity contribution in [1.29, 1.82) is 0 Å². The first-order chi connectivity index (χ1) is 19.5. The number of furan rings is 1. The summed E-state index contributed by atoms with van der Waals surface area (Å²) in [5.74, 6) is 0.919. The number of imidazole rings is 1. The van der Waals surface area contributed by atoms with E-state index in [-0.39, 0.29) is 17.7 Å². The third-order valence-corrected chi connectivity index (χ3v) is 8.63. The first kappa shape index (κ1) is 26.1. The number of carbonyl (C=O) groups is 1. The average molecular weight is 556 g/mol. The maximum atomic E-state index is 13.6. The molecule has 1 saturated carbocycles. The van der Waals surface area contributed by atoms with Crippen molar-refractivity contribution in [2.75, 3.05) is 19.0 Å². The summed E-state index contributed by atoms with van der Waals surface area (Å²) in [6.45, 7) is 0. The van der Waals surface area contributed by atoms with Gasteiger partial charge in [0.2, 0.25) is 0 Å². The Morgan fingerprint density at radius 1 is 1.12 bits per heavy atom. The van der Waals surface area contributed by atoms with Gasteiger partial charge in [-0.15, -0.1) is 11.3 Å². The summed E-state index contributed by atoms with van der Waals surface area (Å²) in [5.41, 5.74) is 5.14. The lowest BCUT2D eigenvalue weighted by molar-refractivity contribution is 0.0936. The summed E-state index contributed by atoms with van der Waals surface area (Å²) in [4.78, 5) is 25.4. The van der Waals surface area contributed by atoms with E-state index in [0.717, 1.165) is 51.7 Å². The number of hydrogen-bond donors (Lipinski definition) is 2. The van der Waals surface area contributed by atoms with E-state index in [1.807, 2.05) is 60.8 Å². The van der Waals surface area contributed by atoms with Gasteiger partial charge in [0.15, 0.2) is 5.13 Å². The number of carbonyl (C=O) groups excluding carboxylic acids is 1. The van der Waals surface area contributed by atoms with Crippen LogP contribution in [0.1, 0.15) is 65.8 Å². The molecule has 3 aromatic heterocycles. The highest BCUT2D eigenvalue weighted by Crippen LogP contribution is 2.36. The minimum absolute atomic E-state index is 0.179. The van der Waals surface area contributed by atoms with Gasteiger partial charge in [-0.2, -0.15) is 0 Å². The molecule has 2 aromatic carbocycles. The highest BCUT2D eigenvalue weighted by molar-refractivity contribution is 7.13. The highest BCUT2D eigenvalue weighted by atomic mass is 32.1. The number of nitrogens with zero attached hydrogens (tertiary/aromatic N) is 4. The number of nitrogens with one attached hydrogen (secondary N) is 1. The number of rotatable bonds is 8. The molecule has 206 valence electrons. The van der Waals surface area contributed by atoms with Gasteiger partial charge in [0.25, 0.3) is 5.91 Å². The molecule has 1 aliphatic carbocycles. The number of anilines is 1. The molecule has 2 N–H and O–H groups in total. The van der Waals surface area contributed by atoms with Gasteiger partial charge in [-0.1, -0.05) is 31.4 Å². The van der Waals surface area contributed by atoms with Crippen molar-refractivity contribution < 1.29 is 14.3 Å². The van der Waals surface area contributed by atoms with Crippen LogP contribution in [0.25, 0.3) is 22.4 Å². The third-order valence-electron chi connectivity index (χ3n) is 7.60. The van der Waals surface area contributed by atoms with Gasteiger partial charge in [0.05, 0.1) is 34.6 Å². The van der Waals surface area contributed by atoms with Crippen LogP contribution in [0, 0.1) is 0 Å². The molecule has 1 amide bonds. The fraction of sp³-hybridized carbons (Fsp3) is 0.323. The zero-order valence-electron chi connectivity index (χ0n) is 22.7. The standard InChI is InChI=1S/C31H33N5O3S/c1-35(2)31-34-27(19-40-31)25(16-20-8-11-24(37)12-9-20)33-30(38)21-10-13-28-26(17-21)32-29(22-14-15-39-18-22)36(28)23-6-4-3-5-7-23/h8-15,17-19,23,25,37H,3-7,16H2,1-2H3,(H,33,38)/t25-/m0/s1. The average Bonchev–Trinajstić information content (AvgIpc) is 3.74. The molecule has 6 rings (SSSR count). The van der Waals surface area contributed by atoms with Crippen molar-refractivity contribution in [2.45, 2.75) is 50.6 Å². The molecule has 1 aliphatic rings. The van der Waals surface area contributed by atoms with E-state index in [1.165, 1.54) is 19.3 Å². The van der Waals surface area contributed by atoms with Crippen molar-refractivity contribution in [3.8, 4) is 17.1 Å². The number of fused-ring (bicyclic) bond motifs is 1. The first-order valence-corrected chi connectivity index (χ1v) is 14.6. The minimum Gasteiger partial charge on any atom is -0.508 e. The van der Waals surface area contributed by atoms with Crippen molar-refractivity contribution in [2.24, 2.45) is 0 Å². The quantitative estimate of drug-likeness (QED) is 0.220. The van der Waals surface area contributed by atoms with Crippen molar-refractivity contribution in [3.05, 3.63) is 83.3 Å². The Bertz CT molecular complexity index is 1600. The highest BCUT2D eigenvalue weighted by Gasteiger charge is 2.25. The Morgan fingerprint density at radius 3 is 2.62 bits per heavy atom. The molecule has 0 aliphatic heterocycles. The third kappa shape index (κ3) is 5.34. The number of phenolic OH excluding ortho intramolecular Hbond substituents is 1. The van der Waals surface area contributed by atoms with E-state index < -0.39 is 0 Å². The second-order valence-electron chi connectivity index (χ2n) is 10.7. The Hall–Kier alpha value is -4.11. The Morgan fingerprint density at radius 2 is 1.93 bits per heavy atom. The zero-order chi connectivity index (χ0) is 27.6. The van der Waals surface area contributed by atoms with Crippen LogP contribution in [-0.2, 0) is 6.42 Å². The van der Waals surface area contributed by atoms with Gasteiger partial charge in [0.1, 0.15) is 17.8 Å². The van der Waals surface area contributed by atoms with Gasteiger partial charge in [0, 0.05) is 31.1 Å². The summed E-state index contributed by atoms with van der Waals surface area (Å²) in [5, 5.41) is 15.8. The fourth-order valence-corrected chi connectivity index (χ4v) is 6.34. The summed E-state index contributed by atoms with van der Waals surface area (Å²) in [7, 11) is 3.91. The van der Waals surface area contributed by atoms with Gasteiger partial charge >= 0.3 is 0 Å². The van der Waals surface area contributed by atoms with Gasteiger partial charge in [-0.3, -0.25) is 4.79 Å². The lowest BCUT2D eigenvalue weighted by Crippen LogP contribution is -2.30. The summed E-state index contributed by atoms with van der Waals surface area (Å²) >= 11 is 1.54. The van der Waals surface area contributed by atoms with Crippen molar-refractivity contribution in [1.82, 2.24) is 19.9 Å². The summed E-state index contributed by atoms with van der Waals surface area (Å²) < 4.78 is 7.73. The van der Waals surface area contributed by atoms with E-state index in [4.69, 9.17) is 14.4 Å². The van der Waals surface area contributed by atoms with Crippen LogP contribution in [0.5, 0.6) is 5.75 Å². The molecule has 1 fully saturated rings. The van der Waals surface area contributed by atoms with Crippen molar-refractivity contribution in [3.63, 3.8) is 0 Å². The number of benzene rings is 2. The van der Waals surface area contributed by atoms with Crippen LogP contribution in [-0.4, -0.2) is 39.6 Å². The molecule has 1 atom stereocenters. The van der Waals surface area contributed by atoms with Crippen LogP contribution in [0.4, 0.5) is 5.13 Å². The molecule has 40 heavy (non-hydrogen) atoms. The number of thiazole rings is 1. The SMILES string of the molecule is CN(C)c1nc([C@H](Cc2ccc(O)cc2)NC(=O)c2ccc3c(c2)nc(-c2ccoc2)n3C2CCCCC2)cs1. The Kier molecular flexibility index (Phi) is 7.30. The minimum atomic E-state index is -0.334. The van der Waals surface area contributed by atoms with E-state index in [9.17, 15) is 9.90 Å². The molecule has 0 spiro atoms. The fourth-order valence-electron chi connectivity index (χ4n) is 5.52. The van der Waals surface area contributed by atoms with E-state index in [2.05, 4.69) is 9.88 Å². The van der Waals surface area contributed by atoms with E-state index >= 15 is 0 Å². The van der Waals surface area contributed by atoms with E-state index in [0.29, 0.717) is 18.0 Å². The molecule has 3 heterocycles. The van der Waals surface area contributed by atoms with Gasteiger partial charge in [-0.05, 0) is 61.2 Å². The Balaban J connectivity index is 1.32. The monoisotopic (exact) mass is 555 g/mol. The second kappa shape index (κ2) is 11.2. The number of aromatic hydroxyl groups is 1. The van der Waals surface area contributed by atoms with Crippen LogP contribution in [0.2, 0.25) is 0 Å². The maximum absolute atomic E-state index is 13.6. The van der Waals surface area contributed by atoms with Crippen LogP contribution >= 0.6 is 11.3 Å². The smallest absolute Gasteiger partial charge is 0.251 e. The predicted octanol–water partition coefficient (Wildman–Crippen LogP) is 6.74. The van der Waals surface area contributed by atoms with Crippen molar-refractivity contribution >= 4 is 33.4 Å². The largest absolute Gasteiger partial charge is 0.508 e. The zero-order valence-corrected chi connectivity index (χ0v) is 23.5. The lowest BCUT2D eigenvalue weighted by Gasteiger charge is -2.25. The molecule has 0 bridgehead atoms. The molecule has 0 saturated heterocycles. The van der Waals surface area contributed by atoms with Crippen LogP contribution < -0.4 is 10.2 Å². The van der Waals surface area contributed by atoms with Gasteiger partial charge < -0.3 is 24.3 Å². The van der Waals surface area contributed by atoms with Crippen LogP contribution in [0.15, 0.2) is 70.9 Å². The second-order valence-corrected chi connectivity index (χ2v) is 11.5. The molecule has 0 radical (unpaired) electrons. The lowest BCUT2D eigenvalue weighted by atomic mass is 9.95. The maximum Gasteiger partial charge on any atom is 0.251 e. The number of phenols is 1. The molecule has 8 nitrogen and oxygen atoms in total. The topological polar surface area (TPSA) is 96.4 Å². The molecular formula is C31H33N5O3S. The van der Waals surface area contributed by atoms with Gasteiger partial charge in [-0.25, -0.2) is 9.97 Å².